The number of rotatable bonds is 5. The van der Waals surface area contributed by atoms with Crippen LogP contribution in [0.15, 0.2) is 48.8 Å². The minimum Gasteiger partial charge on any atom is -0.496 e. The minimum atomic E-state index is -0.406. The van der Waals surface area contributed by atoms with Crippen LogP contribution < -0.4 is 10.1 Å². The Hall–Kier alpha value is -2.89. The molecule has 2 amide bonds. The van der Waals surface area contributed by atoms with Gasteiger partial charge in [0.25, 0.3) is 0 Å². The Morgan fingerprint density at radius 2 is 2.13 bits per heavy atom. The Kier molecular flexibility index (Phi) is 6.02. The van der Waals surface area contributed by atoms with Crippen LogP contribution >= 0.6 is 0 Å². The van der Waals surface area contributed by atoms with Gasteiger partial charge >= 0.3 is 0 Å². The summed E-state index contributed by atoms with van der Waals surface area (Å²) in [5.41, 5.74) is 1.71. The van der Waals surface area contributed by atoms with Gasteiger partial charge in [0.2, 0.25) is 11.8 Å². The summed E-state index contributed by atoms with van der Waals surface area (Å²) in [6, 6.07) is 11.8. The molecule has 0 aliphatic carbocycles. The van der Waals surface area contributed by atoms with Crippen molar-refractivity contribution < 1.29 is 14.3 Å². The van der Waals surface area contributed by atoms with Crippen molar-refractivity contribution in [3.63, 3.8) is 0 Å². The zero-order valence-electron chi connectivity index (χ0n) is 17.5. The van der Waals surface area contributed by atoms with Crippen LogP contribution in [-0.4, -0.2) is 47.4 Å². The Balaban J connectivity index is 1.53. The molecule has 30 heavy (non-hydrogen) atoms. The molecule has 0 unspecified atom stereocenters. The molecule has 0 saturated carbocycles. The number of nitrogens with one attached hydrogen (secondary N) is 1. The van der Waals surface area contributed by atoms with Gasteiger partial charge in [-0.3, -0.25) is 14.6 Å². The number of aromatic nitrogens is 1. The molecule has 1 aromatic heterocycles. The zero-order chi connectivity index (χ0) is 21.0. The molecule has 3 heterocycles. The van der Waals surface area contributed by atoms with E-state index >= 15 is 0 Å². The van der Waals surface area contributed by atoms with Crippen LogP contribution in [-0.2, 0) is 16.0 Å². The number of para-hydroxylation sites is 1. The largest absolute Gasteiger partial charge is 0.496 e. The summed E-state index contributed by atoms with van der Waals surface area (Å²) in [5.74, 6) is 1.07. The molecule has 2 saturated heterocycles. The van der Waals surface area contributed by atoms with Crippen LogP contribution in [0.4, 0.5) is 0 Å². The highest BCUT2D eigenvalue weighted by Gasteiger charge is 2.49. The second-order valence-corrected chi connectivity index (χ2v) is 8.34. The van der Waals surface area contributed by atoms with E-state index in [0.717, 1.165) is 36.1 Å². The molecule has 1 spiro atoms. The van der Waals surface area contributed by atoms with Crippen molar-refractivity contribution in [1.29, 1.82) is 0 Å². The number of likely N-dealkylation sites (tertiary alicyclic amines) is 1. The fourth-order valence-electron chi connectivity index (χ4n) is 4.92. The third kappa shape index (κ3) is 4.18. The molecule has 2 fully saturated rings. The molecule has 2 aromatic rings. The van der Waals surface area contributed by atoms with Gasteiger partial charge < -0.3 is 15.0 Å². The first-order chi connectivity index (χ1) is 14.6. The predicted octanol–water partition coefficient (Wildman–Crippen LogP) is 3.08. The SMILES string of the molecule is COc1ccccc1CCC(=O)N1C[C@@H](c2cccnc2)[C@@]2(CCCCC(=O)N2)C1. The van der Waals surface area contributed by atoms with E-state index in [1.54, 1.807) is 13.3 Å². The highest BCUT2D eigenvalue weighted by molar-refractivity contribution is 5.80. The maximum absolute atomic E-state index is 13.1. The van der Waals surface area contributed by atoms with Gasteiger partial charge in [-0.05, 0) is 42.5 Å². The molecule has 1 aromatic carbocycles. The van der Waals surface area contributed by atoms with Crippen molar-refractivity contribution >= 4 is 11.8 Å². The molecular formula is C24H29N3O3. The number of benzene rings is 1. The first-order valence-electron chi connectivity index (χ1n) is 10.7. The molecular weight excluding hydrogens is 378 g/mol. The van der Waals surface area contributed by atoms with Gasteiger partial charge in [0.05, 0.1) is 12.6 Å². The van der Waals surface area contributed by atoms with E-state index in [9.17, 15) is 9.59 Å². The number of carbonyl (C=O) groups is 2. The van der Waals surface area contributed by atoms with Crippen molar-refractivity contribution in [3.8, 4) is 5.75 Å². The third-order valence-corrected chi connectivity index (χ3v) is 6.45. The van der Waals surface area contributed by atoms with Crippen LogP contribution in [0.2, 0.25) is 0 Å². The van der Waals surface area contributed by atoms with E-state index in [1.165, 1.54) is 0 Å². The van der Waals surface area contributed by atoms with Crippen LogP contribution in [0.25, 0.3) is 0 Å². The molecule has 6 heteroatoms. The lowest BCUT2D eigenvalue weighted by Gasteiger charge is -2.34. The first kappa shape index (κ1) is 20.4. The molecule has 1 N–H and O–H groups in total. The van der Waals surface area contributed by atoms with E-state index in [2.05, 4.69) is 16.4 Å². The zero-order valence-corrected chi connectivity index (χ0v) is 17.5. The monoisotopic (exact) mass is 407 g/mol. The number of carbonyl (C=O) groups excluding carboxylic acids is 2. The fourth-order valence-corrected chi connectivity index (χ4v) is 4.92. The first-order valence-corrected chi connectivity index (χ1v) is 10.7. The maximum atomic E-state index is 13.1. The molecule has 0 radical (unpaired) electrons. The number of pyridine rings is 1. The van der Waals surface area contributed by atoms with Crippen molar-refractivity contribution in [2.45, 2.75) is 50.0 Å². The van der Waals surface area contributed by atoms with Gasteiger partial charge in [0.15, 0.2) is 0 Å². The van der Waals surface area contributed by atoms with Gasteiger partial charge in [-0.25, -0.2) is 0 Å². The number of hydrogen-bond donors (Lipinski definition) is 1. The summed E-state index contributed by atoms with van der Waals surface area (Å²) < 4.78 is 5.41. The molecule has 2 atom stereocenters. The average Bonchev–Trinajstić information content (AvgIpc) is 3.03. The summed E-state index contributed by atoms with van der Waals surface area (Å²) in [5, 5.41) is 3.30. The van der Waals surface area contributed by atoms with Gasteiger partial charge in [0, 0.05) is 44.2 Å². The van der Waals surface area contributed by atoms with Crippen LogP contribution in [0.5, 0.6) is 5.75 Å². The lowest BCUT2D eigenvalue weighted by Crippen LogP contribution is -2.52. The number of ether oxygens (including phenoxy) is 1. The minimum absolute atomic E-state index is 0.0588. The van der Waals surface area contributed by atoms with E-state index < -0.39 is 5.54 Å². The summed E-state index contributed by atoms with van der Waals surface area (Å²) in [7, 11) is 1.65. The summed E-state index contributed by atoms with van der Waals surface area (Å²) in [6.45, 7) is 1.17. The summed E-state index contributed by atoms with van der Waals surface area (Å²) in [6.07, 6.45) is 8.01. The predicted molar refractivity (Wildman–Crippen MR) is 114 cm³/mol. The Morgan fingerprint density at radius 1 is 1.27 bits per heavy atom. The lowest BCUT2D eigenvalue weighted by molar-refractivity contribution is -0.131. The van der Waals surface area contributed by atoms with Crippen LogP contribution in [0.1, 0.15) is 49.1 Å². The van der Waals surface area contributed by atoms with Crippen molar-refractivity contribution in [2.24, 2.45) is 0 Å². The van der Waals surface area contributed by atoms with Gasteiger partial charge in [-0.2, -0.15) is 0 Å². The van der Waals surface area contributed by atoms with E-state index in [1.807, 2.05) is 41.4 Å². The lowest BCUT2D eigenvalue weighted by atomic mass is 9.79. The standard InChI is InChI=1S/C24H29N3O3/c1-30-21-9-3-2-7-18(21)11-12-23(29)27-16-20(19-8-6-14-25-15-19)24(17-27)13-5-4-10-22(28)26-24/h2-3,6-9,14-15,20H,4-5,10-13,16-17H2,1H3,(H,26,28)/t20-,24+/m0/s1. The summed E-state index contributed by atoms with van der Waals surface area (Å²) in [4.78, 5) is 31.8. The fraction of sp³-hybridized carbons (Fsp3) is 0.458. The maximum Gasteiger partial charge on any atom is 0.223 e. The Bertz CT molecular complexity index is 902. The smallest absolute Gasteiger partial charge is 0.223 e. The van der Waals surface area contributed by atoms with Crippen molar-refractivity contribution in [2.75, 3.05) is 20.2 Å². The molecule has 0 bridgehead atoms. The molecule has 2 aliphatic rings. The van der Waals surface area contributed by atoms with Crippen molar-refractivity contribution in [3.05, 3.63) is 59.9 Å². The molecule has 158 valence electrons. The second kappa shape index (κ2) is 8.86. The van der Waals surface area contributed by atoms with Gasteiger partial charge in [0.1, 0.15) is 5.75 Å². The summed E-state index contributed by atoms with van der Waals surface area (Å²) >= 11 is 0. The topological polar surface area (TPSA) is 71.5 Å². The number of methoxy groups -OCH3 is 1. The van der Waals surface area contributed by atoms with Crippen molar-refractivity contribution in [1.82, 2.24) is 15.2 Å². The van der Waals surface area contributed by atoms with E-state index in [4.69, 9.17) is 4.74 Å². The third-order valence-electron chi connectivity index (χ3n) is 6.45. The normalized spacial score (nSPS) is 23.8. The van der Waals surface area contributed by atoms with Gasteiger partial charge in [-0.15, -0.1) is 0 Å². The molecule has 6 nitrogen and oxygen atoms in total. The van der Waals surface area contributed by atoms with Gasteiger partial charge in [-0.1, -0.05) is 30.7 Å². The second-order valence-electron chi connectivity index (χ2n) is 8.34. The number of hydrogen-bond acceptors (Lipinski definition) is 4. The Labute approximate surface area is 177 Å². The highest BCUT2D eigenvalue weighted by Crippen LogP contribution is 2.41. The highest BCUT2D eigenvalue weighted by atomic mass is 16.5. The molecule has 4 rings (SSSR count). The number of aryl methyl sites for hydroxylation is 1. The molecule has 2 aliphatic heterocycles. The Morgan fingerprint density at radius 3 is 2.93 bits per heavy atom. The number of amides is 2. The van der Waals surface area contributed by atoms with Crippen LogP contribution in [0, 0.1) is 0 Å². The van der Waals surface area contributed by atoms with E-state index in [0.29, 0.717) is 32.4 Å². The quantitative estimate of drug-likeness (QED) is 0.827. The number of nitrogens with zero attached hydrogens (tertiary/aromatic N) is 2. The van der Waals surface area contributed by atoms with E-state index in [-0.39, 0.29) is 17.7 Å². The van der Waals surface area contributed by atoms with Crippen LogP contribution in [0.3, 0.4) is 0 Å². The average molecular weight is 408 g/mol.